The third-order valence-corrected chi connectivity index (χ3v) is 3.60. The highest BCUT2D eigenvalue weighted by molar-refractivity contribution is 5.85. The highest BCUT2D eigenvalue weighted by Crippen LogP contribution is 2.30. The van der Waals surface area contributed by atoms with Crippen LogP contribution in [0.25, 0.3) is 10.9 Å². The number of aliphatic hydroxyl groups is 1. The summed E-state index contributed by atoms with van der Waals surface area (Å²) in [7, 11) is 0. The van der Waals surface area contributed by atoms with E-state index >= 15 is 0 Å². The van der Waals surface area contributed by atoms with Gasteiger partial charge in [0.05, 0.1) is 18.2 Å². The minimum atomic E-state index is -0.0844. The first-order chi connectivity index (χ1) is 9.83. The molecule has 3 aromatic rings. The van der Waals surface area contributed by atoms with Gasteiger partial charge < -0.3 is 10.1 Å². The van der Waals surface area contributed by atoms with E-state index in [0.29, 0.717) is 5.56 Å². The number of hydrogen-bond donors (Lipinski definition) is 2. The predicted molar refractivity (Wildman–Crippen MR) is 78.4 cm³/mol. The molecule has 0 unspecified atom stereocenters. The lowest BCUT2D eigenvalue weighted by Gasteiger charge is -2.14. The van der Waals surface area contributed by atoms with Gasteiger partial charge in [-0.2, -0.15) is 5.26 Å². The van der Waals surface area contributed by atoms with Gasteiger partial charge in [-0.25, -0.2) is 0 Å². The number of rotatable bonds is 3. The van der Waals surface area contributed by atoms with E-state index in [4.69, 9.17) is 5.26 Å². The fourth-order valence-corrected chi connectivity index (χ4v) is 2.57. The first-order valence-electron chi connectivity index (χ1n) is 6.50. The van der Waals surface area contributed by atoms with Crippen molar-refractivity contribution >= 4 is 10.9 Å². The quantitative estimate of drug-likeness (QED) is 0.761. The molecule has 0 saturated heterocycles. The number of hydrogen-bond acceptors (Lipinski definition) is 2. The van der Waals surface area contributed by atoms with Crippen molar-refractivity contribution < 1.29 is 5.11 Å². The van der Waals surface area contributed by atoms with Crippen LogP contribution in [0.5, 0.6) is 0 Å². The first-order valence-corrected chi connectivity index (χ1v) is 6.50. The molecule has 2 aromatic carbocycles. The lowest BCUT2D eigenvalue weighted by atomic mass is 9.91. The zero-order valence-corrected chi connectivity index (χ0v) is 10.9. The Morgan fingerprint density at radius 2 is 1.95 bits per heavy atom. The van der Waals surface area contributed by atoms with Gasteiger partial charge in [-0.3, -0.25) is 0 Å². The largest absolute Gasteiger partial charge is 0.395 e. The Kier molecular flexibility index (Phi) is 3.24. The van der Waals surface area contributed by atoms with Crippen LogP contribution >= 0.6 is 0 Å². The Labute approximate surface area is 117 Å². The molecule has 0 amide bonds. The summed E-state index contributed by atoms with van der Waals surface area (Å²) in [6, 6.07) is 17.6. The molecule has 0 aliphatic carbocycles. The molecule has 20 heavy (non-hydrogen) atoms. The van der Waals surface area contributed by atoms with Gasteiger partial charge in [-0.15, -0.1) is 0 Å². The second-order valence-corrected chi connectivity index (χ2v) is 4.76. The Morgan fingerprint density at radius 1 is 1.15 bits per heavy atom. The smallest absolute Gasteiger partial charge is 0.0991 e. The van der Waals surface area contributed by atoms with Gasteiger partial charge in [-0.1, -0.05) is 30.3 Å². The van der Waals surface area contributed by atoms with Crippen molar-refractivity contribution in [2.75, 3.05) is 6.61 Å². The molecule has 0 radical (unpaired) electrons. The molecule has 98 valence electrons. The molecule has 0 spiro atoms. The van der Waals surface area contributed by atoms with Crippen molar-refractivity contribution in [3.8, 4) is 6.07 Å². The summed E-state index contributed by atoms with van der Waals surface area (Å²) in [6.45, 7) is 0.0355. The fourth-order valence-electron chi connectivity index (χ4n) is 2.57. The Balaban J connectivity index is 2.15. The number of H-pyrrole nitrogens is 1. The van der Waals surface area contributed by atoms with Crippen LogP contribution < -0.4 is 0 Å². The number of aliphatic hydroxyl groups excluding tert-OH is 1. The molecule has 3 rings (SSSR count). The van der Waals surface area contributed by atoms with E-state index in [-0.39, 0.29) is 12.5 Å². The predicted octanol–water partition coefficient (Wildman–Crippen LogP) is 3.16. The lowest BCUT2D eigenvalue weighted by Crippen LogP contribution is -2.05. The summed E-state index contributed by atoms with van der Waals surface area (Å²) in [5, 5.41) is 19.8. The third kappa shape index (κ3) is 2.07. The van der Waals surface area contributed by atoms with E-state index in [2.05, 4.69) is 11.1 Å². The van der Waals surface area contributed by atoms with E-state index in [1.807, 2.05) is 48.7 Å². The number of fused-ring (bicyclic) bond motifs is 1. The molecule has 0 fully saturated rings. The van der Waals surface area contributed by atoms with Gasteiger partial charge in [0.2, 0.25) is 0 Å². The number of aromatic amines is 1. The van der Waals surface area contributed by atoms with E-state index in [1.54, 1.807) is 6.07 Å². The molecule has 1 aromatic heterocycles. The maximum atomic E-state index is 9.76. The minimum Gasteiger partial charge on any atom is -0.395 e. The third-order valence-electron chi connectivity index (χ3n) is 3.60. The fraction of sp³-hybridized carbons (Fsp3) is 0.118. The topological polar surface area (TPSA) is 59.8 Å². The van der Waals surface area contributed by atoms with Crippen LogP contribution in [-0.4, -0.2) is 16.7 Å². The van der Waals surface area contributed by atoms with E-state index in [9.17, 15) is 5.11 Å². The van der Waals surface area contributed by atoms with Gasteiger partial charge in [0.1, 0.15) is 0 Å². The lowest BCUT2D eigenvalue weighted by molar-refractivity contribution is 0.281. The number of nitrogens with one attached hydrogen (secondary N) is 1. The van der Waals surface area contributed by atoms with Crippen molar-refractivity contribution in [3.05, 3.63) is 71.4 Å². The van der Waals surface area contributed by atoms with Crippen LogP contribution in [-0.2, 0) is 0 Å². The summed E-state index contributed by atoms with van der Waals surface area (Å²) < 4.78 is 0. The molecular formula is C17H14N2O. The molecule has 0 bridgehead atoms. The van der Waals surface area contributed by atoms with Crippen LogP contribution in [0.3, 0.4) is 0 Å². The number of aromatic nitrogens is 1. The maximum absolute atomic E-state index is 9.76. The van der Waals surface area contributed by atoms with Gasteiger partial charge >= 0.3 is 0 Å². The highest BCUT2D eigenvalue weighted by atomic mass is 16.3. The van der Waals surface area contributed by atoms with Crippen molar-refractivity contribution in [1.82, 2.24) is 4.98 Å². The summed E-state index contributed by atoms with van der Waals surface area (Å²) in [5.74, 6) is -0.0844. The van der Waals surface area contributed by atoms with Gasteiger partial charge in [-0.05, 0) is 29.3 Å². The van der Waals surface area contributed by atoms with Gasteiger partial charge in [0, 0.05) is 23.0 Å². The molecular weight excluding hydrogens is 248 g/mol. The summed E-state index contributed by atoms with van der Waals surface area (Å²) in [5.41, 5.74) is 3.69. The van der Waals surface area contributed by atoms with Crippen LogP contribution in [0.15, 0.2) is 54.7 Å². The van der Waals surface area contributed by atoms with E-state index in [0.717, 1.165) is 22.0 Å². The molecule has 0 aliphatic rings. The number of nitrogens with zero attached hydrogens (tertiary/aromatic N) is 1. The zero-order valence-electron chi connectivity index (χ0n) is 10.9. The standard InChI is InChI=1S/C17H14N2O/c18-9-12-6-7-17-14(8-12)15(10-19-17)16(11-20)13-4-2-1-3-5-13/h1-8,10,16,19-20H,11H2/t16-/m1/s1. The van der Waals surface area contributed by atoms with E-state index < -0.39 is 0 Å². The zero-order chi connectivity index (χ0) is 13.9. The molecule has 1 heterocycles. The van der Waals surface area contributed by atoms with Crippen LogP contribution in [0, 0.1) is 11.3 Å². The highest BCUT2D eigenvalue weighted by Gasteiger charge is 2.17. The van der Waals surface area contributed by atoms with Crippen molar-refractivity contribution in [3.63, 3.8) is 0 Å². The van der Waals surface area contributed by atoms with Crippen LogP contribution in [0.4, 0.5) is 0 Å². The minimum absolute atomic E-state index is 0.0355. The Morgan fingerprint density at radius 3 is 2.65 bits per heavy atom. The summed E-state index contributed by atoms with van der Waals surface area (Å²) in [4.78, 5) is 3.20. The summed E-state index contributed by atoms with van der Waals surface area (Å²) in [6.07, 6.45) is 1.92. The summed E-state index contributed by atoms with van der Waals surface area (Å²) >= 11 is 0. The molecule has 2 N–H and O–H groups in total. The normalized spacial score (nSPS) is 12.2. The monoisotopic (exact) mass is 262 g/mol. The average molecular weight is 262 g/mol. The van der Waals surface area contributed by atoms with Gasteiger partial charge in [0.15, 0.2) is 0 Å². The van der Waals surface area contributed by atoms with Gasteiger partial charge in [0.25, 0.3) is 0 Å². The van der Waals surface area contributed by atoms with Crippen LogP contribution in [0.1, 0.15) is 22.6 Å². The molecule has 3 nitrogen and oxygen atoms in total. The van der Waals surface area contributed by atoms with Crippen molar-refractivity contribution in [2.24, 2.45) is 0 Å². The average Bonchev–Trinajstić information content (AvgIpc) is 2.92. The molecule has 0 aliphatic heterocycles. The SMILES string of the molecule is N#Cc1ccc2[nH]cc([C@H](CO)c3ccccc3)c2c1. The first kappa shape index (κ1) is 12.5. The van der Waals surface area contributed by atoms with Crippen molar-refractivity contribution in [1.29, 1.82) is 5.26 Å². The van der Waals surface area contributed by atoms with Crippen LogP contribution in [0.2, 0.25) is 0 Å². The second-order valence-electron chi connectivity index (χ2n) is 4.76. The van der Waals surface area contributed by atoms with E-state index in [1.165, 1.54) is 0 Å². The second kappa shape index (κ2) is 5.20. The molecule has 1 atom stereocenters. The Hall–Kier alpha value is -2.57. The van der Waals surface area contributed by atoms with Crippen molar-refractivity contribution in [2.45, 2.75) is 5.92 Å². The number of benzene rings is 2. The molecule has 3 heteroatoms. The maximum Gasteiger partial charge on any atom is 0.0991 e. The number of nitriles is 1. The Bertz CT molecular complexity index is 769. The molecule has 0 saturated carbocycles.